The van der Waals surface area contributed by atoms with E-state index in [0.29, 0.717) is 19.8 Å². The fraction of sp³-hybridized carbons (Fsp3) is 0.933. The molecule has 0 radical (unpaired) electrons. The molecule has 5 heteroatoms. The van der Waals surface area contributed by atoms with Crippen LogP contribution in [0.3, 0.4) is 0 Å². The molecule has 0 aromatic rings. The number of hydrogen-bond acceptors (Lipinski definition) is 5. The highest BCUT2D eigenvalue weighted by Crippen LogP contribution is 2.09. The first kappa shape index (κ1) is 19.4. The molecule has 0 fully saturated rings. The predicted molar refractivity (Wildman–Crippen MR) is 79.9 cm³/mol. The van der Waals surface area contributed by atoms with Crippen LogP contribution in [0.25, 0.3) is 0 Å². The third-order valence-electron chi connectivity index (χ3n) is 2.74. The molecule has 0 aliphatic rings. The van der Waals surface area contributed by atoms with Gasteiger partial charge in [-0.1, -0.05) is 13.3 Å². The van der Waals surface area contributed by atoms with Crippen LogP contribution in [-0.4, -0.2) is 50.6 Å². The van der Waals surface area contributed by atoms with E-state index in [9.17, 15) is 4.79 Å². The normalized spacial score (nSPS) is 14.3. The van der Waals surface area contributed by atoms with Crippen LogP contribution in [0.5, 0.6) is 0 Å². The number of unbranched alkanes of at least 4 members (excludes halogenated alkanes) is 1. The number of hydrogen-bond donors (Lipinski definition) is 1. The van der Waals surface area contributed by atoms with Crippen molar-refractivity contribution in [1.29, 1.82) is 0 Å². The number of rotatable bonds is 12. The summed E-state index contributed by atoms with van der Waals surface area (Å²) in [5.41, 5.74) is -0.812. The molecule has 0 aromatic heterocycles. The van der Waals surface area contributed by atoms with Crippen molar-refractivity contribution in [2.75, 3.05) is 33.0 Å². The Morgan fingerprint density at radius 1 is 1.15 bits per heavy atom. The summed E-state index contributed by atoms with van der Waals surface area (Å²) in [6.45, 7) is 12.2. The second-order valence-electron chi connectivity index (χ2n) is 5.37. The summed E-state index contributed by atoms with van der Waals surface area (Å²) in [5, 5.41) is 3.21. The number of ether oxygens (including phenoxy) is 3. The smallest absolute Gasteiger partial charge is 0.328 e. The number of carbonyl (C=O) groups excluding carboxylic acids is 1. The summed E-state index contributed by atoms with van der Waals surface area (Å²) >= 11 is 0. The Labute approximate surface area is 123 Å². The summed E-state index contributed by atoms with van der Waals surface area (Å²) < 4.78 is 16.1. The molecule has 20 heavy (non-hydrogen) atoms. The minimum absolute atomic E-state index is 0.175. The van der Waals surface area contributed by atoms with E-state index in [4.69, 9.17) is 14.2 Å². The lowest BCUT2D eigenvalue weighted by Gasteiger charge is -2.30. The highest BCUT2D eigenvalue weighted by atomic mass is 16.5. The Morgan fingerprint density at radius 2 is 1.80 bits per heavy atom. The van der Waals surface area contributed by atoms with Crippen molar-refractivity contribution in [2.45, 2.75) is 59.0 Å². The Bertz CT molecular complexity index is 258. The van der Waals surface area contributed by atoms with E-state index in [1.807, 2.05) is 20.8 Å². The van der Waals surface area contributed by atoms with E-state index in [1.54, 1.807) is 6.92 Å². The highest BCUT2D eigenvalue weighted by molar-refractivity contribution is 5.80. The van der Waals surface area contributed by atoms with Gasteiger partial charge < -0.3 is 14.2 Å². The average Bonchev–Trinajstić information content (AvgIpc) is 2.37. The third-order valence-corrected chi connectivity index (χ3v) is 2.74. The Balaban J connectivity index is 4.07. The van der Waals surface area contributed by atoms with E-state index in [0.717, 1.165) is 19.4 Å². The fourth-order valence-corrected chi connectivity index (χ4v) is 1.83. The third kappa shape index (κ3) is 8.51. The maximum atomic E-state index is 12.0. The maximum absolute atomic E-state index is 12.0. The zero-order chi connectivity index (χ0) is 15.4. The minimum atomic E-state index is -0.812. The van der Waals surface area contributed by atoms with Crippen LogP contribution in [0.2, 0.25) is 0 Å². The lowest BCUT2D eigenvalue weighted by molar-refractivity contribution is -0.154. The van der Waals surface area contributed by atoms with Gasteiger partial charge in [-0.05, 0) is 34.1 Å². The molecule has 0 rings (SSSR count). The van der Waals surface area contributed by atoms with Crippen molar-refractivity contribution in [3.8, 4) is 0 Å². The van der Waals surface area contributed by atoms with Crippen LogP contribution >= 0.6 is 0 Å². The van der Waals surface area contributed by atoms with Gasteiger partial charge in [0.15, 0.2) is 0 Å². The van der Waals surface area contributed by atoms with Gasteiger partial charge in [0.1, 0.15) is 5.54 Å². The van der Waals surface area contributed by atoms with Crippen LogP contribution in [-0.2, 0) is 19.0 Å². The molecule has 1 unspecified atom stereocenters. The van der Waals surface area contributed by atoms with E-state index >= 15 is 0 Å². The molecule has 0 heterocycles. The summed E-state index contributed by atoms with van der Waals surface area (Å²) in [6.07, 6.45) is 2.19. The molecule has 5 nitrogen and oxygen atoms in total. The van der Waals surface area contributed by atoms with Crippen molar-refractivity contribution in [1.82, 2.24) is 5.32 Å². The summed E-state index contributed by atoms with van der Waals surface area (Å²) in [5.74, 6) is -0.277. The van der Waals surface area contributed by atoms with Crippen molar-refractivity contribution in [3.63, 3.8) is 0 Å². The number of nitrogens with one attached hydrogen (secondary N) is 1. The van der Waals surface area contributed by atoms with Gasteiger partial charge in [0.25, 0.3) is 0 Å². The lowest BCUT2D eigenvalue weighted by atomic mass is 10.0. The first-order valence-corrected chi connectivity index (χ1v) is 7.56. The first-order chi connectivity index (χ1) is 9.46. The second-order valence-corrected chi connectivity index (χ2v) is 5.37. The topological polar surface area (TPSA) is 56.8 Å². The standard InChI is InChI=1S/C15H31NO4/c1-6-8-9-18-10-11-19-12-15(5,16-13(3)4)14(17)20-7-2/h13,16H,6-12H2,1-5H3. The molecule has 0 saturated carbocycles. The molecule has 0 bridgehead atoms. The van der Waals surface area contributed by atoms with E-state index < -0.39 is 5.54 Å². The second kappa shape index (κ2) is 11.1. The maximum Gasteiger partial charge on any atom is 0.328 e. The molecule has 0 saturated heterocycles. The SMILES string of the molecule is CCCCOCCOCC(C)(NC(C)C)C(=O)OCC. The molecule has 1 atom stereocenters. The molecule has 0 aromatic carbocycles. The van der Waals surface area contributed by atoms with Crippen molar-refractivity contribution in [3.05, 3.63) is 0 Å². The van der Waals surface area contributed by atoms with Gasteiger partial charge in [-0.2, -0.15) is 0 Å². The number of esters is 1. The minimum Gasteiger partial charge on any atom is -0.465 e. The molecule has 0 aliphatic heterocycles. The largest absolute Gasteiger partial charge is 0.465 e. The van der Waals surface area contributed by atoms with Crippen LogP contribution < -0.4 is 5.32 Å². The van der Waals surface area contributed by atoms with Gasteiger partial charge in [-0.15, -0.1) is 0 Å². The van der Waals surface area contributed by atoms with Gasteiger partial charge in [-0.25, -0.2) is 4.79 Å². The van der Waals surface area contributed by atoms with Gasteiger partial charge in [0, 0.05) is 12.6 Å². The van der Waals surface area contributed by atoms with E-state index in [1.165, 1.54) is 0 Å². The van der Waals surface area contributed by atoms with Crippen molar-refractivity contribution < 1.29 is 19.0 Å². The molecule has 1 N–H and O–H groups in total. The Morgan fingerprint density at radius 3 is 2.35 bits per heavy atom. The number of carbonyl (C=O) groups is 1. The highest BCUT2D eigenvalue weighted by Gasteiger charge is 2.35. The zero-order valence-electron chi connectivity index (χ0n) is 13.7. The predicted octanol–water partition coefficient (Wildman–Crippen LogP) is 2.14. The van der Waals surface area contributed by atoms with E-state index in [-0.39, 0.29) is 18.6 Å². The van der Waals surface area contributed by atoms with Crippen LogP contribution in [0.15, 0.2) is 0 Å². The molecule has 0 spiro atoms. The average molecular weight is 289 g/mol. The monoisotopic (exact) mass is 289 g/mol. The summed E-state index contributed by atoms with van der Waals surface area (Å²) in [4.78, 5) is 12.0. The van der Waals surface area contributed by atoms with Crippen molar-refractivity contribution in [2.24, 2.45) is 0 Å². The molecular weight excluding hydrogens is 258 g/mol. The quantitative estimate of drug-likeness (QED) is 0.440. The summed E-state index contributed by atoms with van der Waals surface area (Å²) in [6, 6.07) is 0.175. The van der Waals surface area contributed by atoms with Crippen LogP contribution in [0, 0.1) is 0 Å². The molecule has 0 amide bonds. The van der Waals surface area contributed by atoms with Gasteiger partial charge in [-0.3, -0.25) is 5.32 Å². The van der Waals surface area contributed by atoms with Gasteiger partial charge in [0.05, 0.1) is 26.4 Å². The molecule has 0 aliphatic carbocycles. The lowest BCUT2D eigenvalue weighted by Crippen LogP contribution is -2.56. The van der Waals surface area contributed by atoms with Gasteiger partial charge >= 0.3 is 5.97 Å². The van der Waals surface area contributed by atoms with Crippen LogP contribution in [0.1, 0.15) is 47.5 Å². The van der Waals surface area contributed by atoms with E-state index in [2.05, 4.69) is 12.2 Å². The van der Waals surface area contributed by atoms with Gasteiger partial charge in [0.2, 0.25) is 0 Å². The first-order valence-electron chi connectivity index (χ1n) is 7.56. The molecular formula is C15H31NO4. The fourth-order valence-electron chi connectivity index (χ4n) is 1.83. The Hall–Kier alpha value is -0.650. The van der Waals surface area contributed by atoms with Crippen LogP contribution in [0.4, 0.5) is 0 Å². The molecule has 120 valence electrons. The Kier molecular flexibility index (Phi) is 10.7. The van der Waals surface area contributed by atoms with Crippen molar-refractivity contribution >= 4 is 5.97 Å². The zero-order valence-corrected chi connectivity index (χ0v) is 13.7. The summed E-state index contributed by atoms with van der Waals surface area (Å²) in [7, 11) is 0.